The number of hydrogen-bond acceptors (Lipinski definition) is 3. The lowest BCUT2D eigenvalue weighted by Gasteiger charge is -2.10. The molecule has 1 unspecified atom stereocenters. The number of carboxylic acids is 1. The van der Waals surface area contributed by atoms with Gasteiger partial charge in [0.15, 0.2) is 0 Å². The minimum Gasteiger partial charge on any atom is -0.475 e. The van der Waals surface area contributed by atoms with Gasteiger partial charge in [0.1, 0.15) is 11.9 Å². The Kier molecular flexibility index (Phi) is 3.89. The molecule has 0 saturated carbocycles. The van der Waals surface area contributed by atoms with E-state index in [2.05, 4.69) is 31.9 Å². The average Bonchev–Trinajstić information content (AvgIpc) is 2.81. The number of benzene rings is 1. The Morgan fingerprint density at radius 3 is 2.56 bits per heavy atom. The van der Waals surface area contributed by atoms with Crippen molar-refractivity contribution in [3.8, 4) is 0 Å². The van der Waals surface area contributed by atoms with Gasteiger partial charge in [-0.15, -0.1) is 0 Å². The van der Waals surface area contributed by atoms with Gasteiger partial charge < -0.3 is 14.6 Å². The number of carbonyl (C=O) groups is 1. The van der Waals surface area contributed by atoms with Gasteiger partial charge in [-0.3, -0.25) is 0 Å². The van der Waals surface area contributed by atoms with Crippen LogP contribution in [0.5, 0.6) is 0 Å². The van der Waals surface area contributed by atoms with Crippen LogP contribution in [0.2, 0.25) is 0 Å². The number of halogens is 2. The third-order valence-corrected chi connectivity index (χ3v) is 3.58. The summed E-state index contributed by atoms with van der Waals surface area (Å²) < 4.78 is 6.59. The van der Waals surface area contributed by atoms with Crippen molar-refractivity contribution in [2.24, 2.45) is 0 Å². The van der Waals surface area contributed by atoms with E-state index in [1.165, 1.54) is 12.1 Å². The van der Waals surface area contributed by atoms with E-state index in [1.54, 1.807) is 12.1 Å². The summed E-state index contributed by atoms with van der Waals surface area (Å²) in [6, 6.07) is 8.10. The number of carboxylic acid groups (broad SMARTS) is 1. The van der Waals surface area contributed by atoms with Gasteiger partial charge >= 0.3 is 5.97 Å². The normalized spacial score (nSPS) is 12.4. The highest BCUT2D eigenvalue weighted by molar-refractivity contribution is 9.11. The monoisotopic (exact) mass is 374 g/mol. The fourth-order valence-corrected chi connectivity index (χ4v) is 2.33. The lowest BCUT2D eigenvalue weighted by atomic mass is 10.1. The van der Waals surface area contributed by atoms with Gasteiger partial charge in [-0.2, -0.15) is 0 Å². The molecule has 2 N–H and O–H groups in total. The summed E-state index contributed by atoms with van der Waals surface area (Å²) >= 11 is 6.63. The topological polar surface area (TPSA) is 70.7 Å². The van der Waals surface area contributed by atoms with Crippen LogP contribution < -0.4 is 0 Å². The van der Waals surface area contributed by atoms with E-state index in [0.29, 0.717) is 10.0 Å². The number of aliphatic hydroxyl groups is 1. The molecular weight excluding hydrogens is 368 g/mol. The molecule has 0 saturated heterocycles. The van der Waals surface area contributed by atoms with Crippen LogP contribution in [0.25, 0.3) is 0 Å². The molecule has 2 rings (SSSR count). The van der Waals surface area contributed by atoms with Crippen LogP contribution in [0.4, 0.5) is 0 Å². The maximum Gasteiger partial charge on any atom is 0.371 e. The van der Waals surface area contributed by atoms with Gasteiger partial charge in [-0.05, 0) is 30.3 Å². The predicted octanol–water partition coefficient (Wildman–Crippen LogP) is 3.58. The van der Waals surface area contributed by atoms with Crippen LogP contribution in [-0.2, 0) is 0 Å². The average molecular weight is 376 g/mol. The molecule has 18 heavy (non-hydrogen) atoms. The standard InChI is InChI=1S/C12H8Br2O4/c13-6-1-2-8(14)7(5-6)11(15)9-3-4-10(18-9)12(16)17/h1-5,11,15H,(H,16,17). The van der Waals surface area contributed by atoms with Gasteiger partial charge in [0.25, 0.3) is 0 Å². The third kappa shape index (κ3) is 2.66. The number of aliphatic hydroxyl groups excluding tert-OH is 1. The summed E-state index contributed by atoms with van der Waals surface area (Å²) in [6.07, 6.45) is -1.02. The number of furan rings is 1. The van der Waals surface area contributed by atoms with Crippen molar-refractivity contribution in [1.29, 1.82) is 0 Å². The molecule has 0 aliphatic heterocycles. The minimum atomic E-state index is -1.17. The Morgan fingerprint density at radius 2 is 1.94 bits per heavy atom. The van der Waals surface area contributed by atoms with Crippen LogP contribution in [0, 0.1) is 0 Å². The molecule has 0 aliphatic rings. The first kappa shape index (κ1) is 13.3. The SMILES string of the molecule is O=C(O)c1ccc(C(O)c2cc(Br)ccc2Br)o1. The van der Waals surface area contributed by atoms with Gasteiger partial charge in [0, 0.05) is 14.5 Å². The van der Waals surface area contributed by atoms with Crippen molar-refractivity contribution in [2.75, 3.05) is 0 Å². The maximum atomic E-state index is 10.7. The fraction of sp³-hybridized carbons (Fsp3) is 0.0833. The molecule has 1 aromatic carbocycles. The van der Waals surface area contributed by atoms with E-state index in [4.69, 9.17) is 9.52 Å². The quantitative estimate of drug-likeness (QED) is 0.860. The maximum absolute atomic E-state index is 10.7. The zero-order valence-electron chi connectivity index (χ0n) is 8.93. The molecule has 1 atom stereocenters. The Bertz CT molecular complexity index is 592. The minimum absolute atomic E-state index is 0.186. The lowest BCUT2D eigenvalue weighted by Crippen LogP contribution is -2.00. The highest BCUT2D eigenvalue weighted by atomic mass is 79.9. The fourth-order valence-electron chi connectivity index (χ4n) is 1.49. The number of rotatable bonds is 3. The molecular formula is C12H8Br2O4. The van der Waals surface area contributed by atoms with Crippen LogP contribution in [0.1, 0.15) is 28.0 Å². The highest BCUT2D eigenvalue weighted by Crippen LogP contribution is 2.31. The molecule has 0 fully saturated rings. The van der Waals surface area contributed by atoms with Crippen LogP contribution in [0.15, 0.2) is 43.7 Å². The van der Waals surface area contributed by atoms with Crippen molar-refractivity contribution in [3.63, 3.8) is 0 Å². The Morgan fingerprint density at radius 1 is 1.22 bits per heavy atom. The van der Waals surface area contributed by atoms with Gasteiger partial charge in [0.05, 0.1) is 0 Å². The first-order chi connectivity index (χ1) is 8.49. The second-order valence-electron chi connectivity index (χ2n) is 3.58. The molecule has 1 heterocycles. The van der Waals surface area contributed by atoms with E-state index in [-0.39, 0.29) is 11.5 Å². The van der Waals surface area contributed by atoms with Crippen molar-refractivity contribution in [3.05, 3.63) is 56.4 Å². The lowest BCUT2D eigenvalue weighted by molar-refractivity contribution is 0.0655. The molecule has 2 aromatic rings. The predicted molar refractivity (Wildman–Crippen MR) is 71.6 cm³/mol. The second kappa shape index (κ2) is 5.26. The van der Waals surface area contributed by atoms with Crippen LogP contribution in [-0.4, -0.2) is 16.2 Å². The first-order valence-corrected chi connectivity index (χ1v) is 6.53. The first-order valence-electron chi connectivity index (χ1n) is 4.95. The van der Waals surface area contributed by atoms with E-state index in [0.717, 1.165) is 4.47 Å². The van der Waals surface area contributed by atoms with Gasteiger partial charge in [-0.1, -0.05) is 31.9 Å². The van der Waals surface area contributed by atoms with E-state index in [1.807, 2.05) is 6.07 Å². The molecule has 0 amide bonds. The highest BCUT2D eigenvalue weighted by Gasteiger charge is 2.19. The zero-order valence-corrected chi connectivity index (χ0v) is 12.1. The molecule has 0 spiro atoms. The summed E-state index contributed by atoms with van der Waals surface area (Å²) in [4.78, 5) is 10.7. The second-order valence-corrected chi connectivity index (χ2v) is 5.35. The Hall–Kier alpha value is -1.11. The van der Waals surface area contributed by atoms with E-state index >= 15 is 0 Å². The van der Waals surface area contributed by atoms with Gasteiger partial charge in [0.2, 0.25) is 5.76 Å². The molecule has 0 aliphatic carbocycles. The molecule has 94 valence electrons. The summed E-state index contributed by atoms with van der Waals surface area (Å²) in [7, 11) is 0. The molecule has 4 nitrogen and oxygen atoms in total. The van der Waals surface area contributed by atoms with Crippen molar-refractivity contribution in [1.82, 2.24) is 0 Å². The third-order valence-electron chi connectivity index (χ3n) is 2.36. The molecule has 0 bridgehead atoms. The van der Waals surface area contributed by atoms with Crippen molar-refractivity contribution in [2.45, 2.75) is 6.10 Å². The smallest absolute Gasteiger partial charge is 0.371 e. The summed E-state index contributed by atoms with van der Waals surface area (Å²) in [5.74, 6) is -1.18. The van der Waals surface area contributed by atoms with Gasteiger partial charge in [-0.25, -0.2) is 4.79 Å². The largest absolute Gasteiger partial charge is 0.475 e. The zero-order chi connectivity index (χ0) is 13.3. The van der Waals surface area contributed by atoms with E-state index in [9.17, 15) is 9.90 Å². The summed E-state index contributed by atoms with van der Waals surface area (Å²) in [5.41, 5.74) is 0.593. The Balaban J connectivity index is 2.37. The molecule has 1 aromatic heterocycles. The van der Waals surface area contributed by atoms with Crippen molar-refractivity contribution >= 4 is 37.8 Å². The Labute approximate surface area is 119 Å². The molecule has 0 radical (unpaired) electrons. The van der Waals surface area contributed by atoms with Crippen molar-refractivity contribution < 1.29 is 19.4 Å². The summed E-state index contributed by atoms with van der Waals surface area (Å²) in [5, 5.41) is 18.9. The van der Waals surface area contributed by atoms with Crippen LogP contribution >= 0.6 is 31.9 Å². The molecule has 6 heteroatoms. The number of hydrogen-bond donors (Lipinski definition) is 2. The van der Waals surface area contributed by atoms with Crippen LogP contribution in [0.3, 0.4) is 0 Å². The summed E-state index contributed by atoms with van der Waals surface area (Å²) in [6.45, 7) is 0. The number of aromatic carboxylic acids is 1. The van der Waals surface area contributed by atoms with E-state index < -0.39 is 12.1 Å².